The number of Topliss-reactive ketones (excluding diaryl/α,β-unsaturated/α-hetero) is 1. The van der Waals surface area contributed by atoms with E-state index in [0.717, 1.165) is 21.4 Å². The van der Waals surface area contributed by atoms with Crippen molar-refractivity contribution in [3.05, 3.63) is 55.7 Å². The second kappa shape index (κ2) is 9.66. The van der Waals surface area contributed by atoms with Crippen molar-refractivity contribution < 1.29 is 19.1 Å². The number of ketones is 1. The molecular weight excluding hydrogens is 440 g/mol. The van der Waals surface area contributed by atoms with Crippen molar-refractivity contribution in [3.8, 4) is 0 Å². The average molecular weight is 471 g/mol. The molecule has 10 heteroatoms. The maximum atomic E-state index is 12.8. The van der Waals surface area contributed by atoms with Crippen LogP contribution < -0.4 is 21.9 Å². The Bertz CT molecular complexity index is 1270. The number of nitrogens with zero attached hydrogens (tertiary/aromatic N) is 3. The maximum Gasteiger partial charge on any atom is 0.332 e. The van der Waals surface area contributed by atoms with Gasteiger partial charge in [-0.3, -0.25) is 28.3 Å². The molecule has 1 atom stereocenters. The summed E-state index contributed by atoms with van der Waals surface area (Å²) in [5, 5.41) is 0. The molecule has 10 nitrogen and oxygen atoms in total. The number of carbonyl (C=O) groups excluding carboxylic acids is 3. The molecule has 1 aliphatic rings. The van der Waals surface area contributed by atoms with E-state index < -0.39 is 41.1 Å². The lowest BCUT2D eigenvalue weighted by atomic mass is 10.1. The van der Waals surface area contributed by atoms with Crippen LogP contribution in [0.5, 0.6) is 0 Å². The van der Waals surface area contributed by atoms with Crippen molar-refractivity contribution in [2.45, 2.75) is 40.7 Å². The summed E-state index contributed by atoms with van der Waals surface area (Å²) in [5.41, 5.74) is 6.84. The van der Waals surface area contributed by atoms with Crippen LogP contribution in [0, 0.1) is 25.7 Å². The lowest BCUT2D eigenvalue weighted by Gasteiger charge is -2.20. The van der Waals surface area contributed by atoms with Gasteiger partial charge in [-0.1, -0.05) is 26.0 Å². The number of anilines is 2. The lowest BCUT2D eigenvalue weighted by molar-refractivity contribution is -0.147. The Morgan fingerprint density at radius 2 is 1.85 bits per heavy atom. The molecule has 3 rings (SSSR count). The first-order valence-corrected chi connectivity index (χ1v) is 11.1. The summed E-state index contributed by atoms with van der Waals surface area (Å²) in [5.74, 6) is -2.67. The Morgan fingerprint density at radius 1 is 1.18 bits per heavy atom. The van der Waals surface area contributed by atoms with Crippen molar-refractivity contribution in [3.63, 3.8) is 0 Å². The van der Waals surface area contributed by atoms with E-state index in [1.165, 1.54) is 11.6 Å². The first-order valence-electron chi connectivity index (χ1n) is 11.1. The van der Waals surface area contributed by atoms with Gasteiger partial charge in [-0.15, -0.1) is 0 Å². The summed E-state index contributed by atoms with van der Waals surface area (Å²) < 4.78 is 7.15. The number of rotatable bonds is 7. The number of hydrogen-bond acceptors (Lipinski definition) is 7. The van der Waals surface area contributed by atoms with Crippen LogP contribution in [0.2, 0.25) is 0 Å². The number of esters is 1. The van der Waals surface area contributed by atoms with Crippen molar-refractivity contribution in [2.75, 3.05) is 23.8 Å². The van der Waals surface area contributed by atoms with Crippen LogP contribution in [0.15, 0.2) is 27.8 Å². The summed E-state index contributed by atoms with van der Waals surface area (Å²) in [7, 11) is 1.26. The number of carbonyl (C=O) groups is 3. The lowest BCUT2D eigenvalue weighted by Crippen LogP contribution is -2.43. The van der Waals surface area contributed by atoms with Gasteiger partial charge < -0.3 is 15.4 Å². The summed E-state index contributed by atoms with van der Waals surface area (Å²) in [4.78, 5) is 64.5. The summed E-state index contributed by atoms with van der Waals surface area (Å²) in [6, 6.07) is 5.61. The quantitative estimate of drug-likeness (QED) is 0.474. The Balaban J connectivity index is 1.75. The van der Waals surface area contributed by atoms with E-state index in [1.54, 1.807) is 4.90 Å². The molecule has 0 radical (unpaired) electrons. The van der Waals surface area contributed by atoms with Gasteiger partial charge in [0.2, 0.25) is 11.7 Å². The highest BCUT2D eigenvalue weighted by atomic mass is 16.5. The smallest absolute Gasteiger partial charge is 0.332 e. The Morgan fingerprint density at radius 3 is 2.50 bits per heavy atom. The molecule has 1 aromatic heterocycles. The van der Waals surface area contributed by atoms with Gasteiger partial charge in [-0.25, -0.2) is 4.79 Å². The number of aryl methyl sites for hydroxylation is 1. The van der Waals surface area contributed by atoms with Crippen LogP contribution in [-0.4, -0.2) is 39.9 Å². The van der Waals surface area contributed by atoms with Crippen molar-refractivity contribution in [2.24, 2.45) is 18.9 Å². The Hall–Kier alpha value is -3.69. The van der Waals surface area contributed by atoms with Gasteiger partial charge in [0.15, 0.2) is 6.61 Å². The minimum absolute atomic E-state index is 0.0381. The molecule has 2 aromatic rings. The molecule has 0 bridgehead atoms. The summed E-state index contributed by atoms with van der Waals surface area (Å²) in [6.45, 7) is 7.22. The highest BCUT2D eigenvalue weighted by Crippen LogP contribution is 2.29. The Labute approximate surface area is 196 Å². The molecule has 1 saturated heterocycles. The number of nitrogens with two attached hydrogens (primary N) is 1. The van der Waals surface area contributed by atoms with Gasteiger partial charge in [0, 0.05) is 32.2 Å². The van der Waals surface area contributed by atoms with Gasteiger partial charge in [0.05, 0.1) is 5.92 Å². The van der Waals surface area contributed by atoms with E-state index in [2.05, 4.69) is 0 Å². The zero-order valence-corrected chi connectivity index (χ0v) is 20.1. The molecule has 1 aliphatic heterocycles. The SMILES string of the molecule is Cc1cccc(N2C[C@@H](C(=O)OCC(=O)c3c(N)n(CC(C)C)c(=O)n(C)c3=O)CC2=O)c1C. The number of nitrogen functional groups attached to an aromatic ring is 1. The number of benzene rings is 1. The molecule has 2 heterocycles. The molecular formula is C24H30N4O6. The van der Waals surface area contributed by atoms with Gasteiger partial charge in [-0.2, -0.15) is 0 Å². The fourth-order valence-corrected chi connectivity index (χ4v) is 4.04. The normalized spacial score (nSPS) is 15.8. The monoisotopic (exact) mass is 470 g/mol. The number of hydrogen-bond donors (Lipinski definition) is 1. The topological polar surface area (TPSA) is 134 Å². The van der Waals surface area contributed by atoms with E-state index in [-0.39, 0.29) is 37.2 Å². The average Bonchev–Trinajstić information content (AvgIpc) is 3.17. The van der Waals surface area contributed by atoms with Gasteiger partial charge >= 0.3 is 11.7 Å². The third-order valence-corrected chi connectivity index (χ3v) is 6.08. The second-order valence-corrected chi connectivity index (χ2v) is 9.07. The molecule has 1 aromatic carbocycles. The molecule has 1 fully saturated rings. The number of ether oxygens (including phenoxy) is 1. The Kier molecular flexibility index (Phi) is 7.09. The van der Waals surface area contributed by atoms with E-state index in [4.69, 9.17) is 10.5 Å². The second-order valence-electron chi connectivity index (χ2n) is 9.07. The highest BCUT2D eigenvalue weighted by Gasteiger charge is 2.37. The molecule has 2 N–H and O–H groups in total. The highest BCUT2D eigenvalue weighted by molar-refractivity contribution is 6.02. The third kappa shape index (κ3) is 4.66. The van der Waals surface area contributed by atoms with E-state index in [0.29, 0.717) is 0 Å². The van der Waals surface area contributed by atoms with Crippen molar-refractivity contribution in [1.29, 1.82) is 0 Å². The fourth-order valence-electron chi connectivity index (χ4n) is 4.04. The van der Waals surface area contributed by atoms with Crippen molar-refractivity contribution in [1.82, 2.24) is 9.13 Å². The van der Waals surface area contributed by atoms with E-state index in [1.807, 2.05) is 45.9 Å². The number of aromatic nitrogens is 2. The zero-order valence-electron chi connectivity index (χ0n) is 20.1. The van der Waals surface area contributed by atoms with Crippen LogP contribution in [0.4, 0.5) is 11.5 Å². The minimum Gasteiger partial charge on any atom is -0.457 e. The van der Waals surface area contributed by atoms with Crippen LogP contribution in [0.25, 0.3) is 0 Å². The maximum absolute atomic E-state index is 12.8. The predicted octanol–water partition coefficient (Wildman–Crippen LogP) is 1.18. The summed E-state index contributed by atoms with van der Waals surface area (Å²) in [6.07, 6.45) is -0.0381. The van der Waals surface area contributed by atoms with Gasteiger partial charge in [0.1, 0.15) is 11.4 Å². The molecule has 182 valence electrons. The van der Waals surface area contributed by atoms with Crippen LogP contribution in [0.3, 0.4) is 0 Å². The van der Waals surface area contributed by atoms with E-state index >= 15 is 0 Å². The molecule has 0 saturated carbocycles. The fraction of sp³-hybridized carbons (Fsp3) is 0.458. The predicted molar refractivity (Wildman–Crippen MR) is 127 cm³/mol. The van der Waals surface area contributed by atoms with Gasteiger partial charge in [0.25, 0.3) is 5.56 Å². The molecule has 1 amide bonds. The first-order chi connectivity index (χ1) is 15.9. The van der Waals surface area contributed by atoms with Crippen LogP contribution >= 0.6 is 0 Å². The zero-order chi connectivity index (χ0) is 25.3. The standard InChI is InChI=1S/C24H30N4O6/c1-13(2)10-28-21(25)20(22(31)26(5)24(28)33)18(29)12-34-23(32)16-9-19(30)27(11-16)17-8-6-7-14(3)15(17)4/h6-8,13,16H,9-12,25H2,1-5H3/t16-/m0/s1. The third-order valence-electron chi connectivity index (χ3n) is 6.08. The van der Waals surface area contributed by atoms with E-state index in [9.17, 15) is 24.0 Å². The van der Waals surface area contributed by atoms with Crippen LogP contribution in [-0.2, 0) is 27.9 Å². The van der Waals surface area contributed by atoms with Gasteiger partial charge in [-0.05, 0) is 37.0 Å². The molecule has 0 spiro atoms. The molecule has 34 heavy (non-hydrogen) atoms. The van der Waals surface area contributed by atoms with Crippen LogP contribution in [0.1, 0.15) is 41.8 Å². The largest absolute Gasteiger partial charge is 0.457 e. The number of amides is 1. The molecule has 0 unspecified atom stereocenters. The molecule has 0 aliphatic carbocycles. The minimum atomic E-state index is -0.847. The summed E-state index contributed by atoms with van der Waals surface area (Å²) >= 11 is 0. The first kappa shape index (κ1) is 24.9. The van der Waals surface area contributed by atoms with Crippen molar-refractivity contribution >= 4 is 29.2 Å².